The SMILES string of the molecule is CC1(C)CCCC1C(O)Cc1ccc(Br)cc1F. The first kappa shape index (κ1) is 14.0. The monoisotopic (exact) mass is 314 g/mol. The summed E-state index contributed by atoms with van der Waals surface area (Å²) in [5.41, 5.74) is 0.777. The fourth-order valence-corrected chi connectivity index (χ4v) is 3.45. The highest BCUT2D eigenvalue weighted by molar-refractivity contribution is 9.10. The number of rotatable bonds is 3. The minimum absolute atomic E-state index is 0.172. The summed E-state index contributed by atoms with van der Waals surface area (Å²) in [5.74, 6) is 0.0415. The van der Waals surface area contributed by atoms with E-state index < -0.39 is 6.10 Å². The van der Waals surface area contributed by atoms with Gasteiger partial charge >= 0.3 is 0 Å². The molecule has 1 aromatic rings. The van der Waals surface area contributed by atoms with Crippen molar-refractivity contribution in [3.8, 4) is 0 Å². The van der Waals surface area contributed by atoms with E-state index in [4.69, 9.17) is 0 Å². The molecule has 0 spiro atoms. The predicted octanol–water partition coefficient (Wildman–Crippen LogP) is 4.32. The molecule has 100 valence electrons. The largest absolute Gasteiger partial charge is 0.392 e. The van der Waals surface area contributed by atoms with E-state index >= 15 is 0 Å². The average molecular weight is 315 g/mol. The quantitative estimate of drug-likeness (QED) is 0.881. The molecule has 0 heterocycles. The van der Waals surface area contributed by atoms with Crippen LogP contribution in [0.4, 0.5) is 4.39 Å². The third-order valence-corrected chi connectivity index (χ3v) is 4.74. The number of aliphatic hydroxyl groups excluding tert-OH is 1. The molecule has 0 aliphatic heterocycles. The third-order valence-electron chi connectivity index (χ3n) is 4.25. The van der Waals surface area contributed by atoms with Gasteiger partial charge in [0.05, 0.1) is 6.10 Å². The van der Waals surface area contributed by atoms with Crippen LogP contribution in [0.25, 0.3) is 0 Å². The number of aliphatic hydroxyl groups is 1. The molecular weight excluding hydrogens is 295 g/mol. The second-order valence-electron chi connectivity index (χ2n) is 5.99. The van der Waals surface area contributed by atoms with Crippen molar-refractivity contribution in [1.82, 2.24) is 0 Å². The second kappa shape index (κ2) is 5.30. The molecule has 1 fully saturated rings. The molecule has 2 atom stereocenters. The van der Waals surface area contributed by atoms with Gasteiger partial charge in [0, 0.05) is 10.9 Å². The standard InChI is InChI=1S/C15H20BrFO/c1-15(2)7-3-4-12(15)14(18)8-10-5-6-11(16)9-13(10)17/h5-6,9,12,14,18H,3-4,7-8H2,1-2H3. The van der Waals surface area contributed by atoms with Crippen molar-refractivity contribution in [2.75, 3.05) is 0 Å². The lowest BCUT2D eigenvalue weighted by molar-refractivity contribution is 0.0536. The Bertz CT molecular complexity index is 431. The van der Waals surface area contributed by atoms with Crippen LogP contribution in [-0.2, 0) is 6.42 Å². The summed E-state index contributed by atoms with van der Waals surface area (Å²) in [6.07, 6.45) is 3.33. The van der Waals surface area contributed by atoms with Crippen LogP contribution in [0.5, 0.6) is 0 Å². The summed E-state index contributed by atoms with van der Waals surface area (Å²) in [4.78, 5) is 0. The van der Waals surface area contributed by atoms with Crippen LogP contribution in [0.2, 0.25) is 0 Å². The highest BCUT2D eigenvalue weighted by atomic mass is 79.9. The van der Waals surface area contributed by atoms with Crippen LogP contribution in [0, 0.1) is 17.2 Å². The highest BCUT2D eigenvalue weighted by Crippen LogP contribution is 2.45. The number of benzene rings is 1. The van der Waals surface area contributed by atoms with E-state index in [-0.39, 0.29) is 17.2 Å². The first-order valence-corrected chi connectivity index (χ1v) is 7.31. The molecule has 18 heavy (non-hydrogen) atoms. The normalized spacial score (nSPS) is 24.2. The van der Waals surface area contributed by atoms with Gasteiger partial charge in [0.1, 0.15) is 5.82 Å². The molecule has 0 aromatic heterocycles. The van der Waals surface area contributed by atoms with Crippen molar-refractivity contribution >= 4 is 15.9 Å². The Morgan fingerprint density at radius 2 is 2.22 bits per heavy atom. The van der Waals surface area contributed by atoms with Crippen LogP contribution in [0.3, 0.4) is 0 Å². The van der Waals surface area contributed by atoms with Crippen molar-refractivity contribution in [2.45, 2.75) is 45.6 Å². The van der Waals surface area contributed by atoms with E-state index in [1.807, 2.05) is 6.07 Å². The Hall–Kier alpha value is -0.410. The molecule has 3 heteroatoms. The highest BCUT2D eigenvalue weighted by Gasteiger charge is 2.38. The maximum Gasteiger partial charge on any atom is 0.127 e. The van der Waals surface area contributed by atoms with Gasteiger partial charge in [-0.15, -0.1) is 0 Å². The zero-order valence-corrected chi connectivity index (χ0v) is 12.5. The molecule has 1 aliphatic carbocycles. The molecule has 0 bridgehead atoms. The van der Waals surface area contributed by atoms with Crippen molar-refractivity contribution < 1.29 is 9.50 Å². The van der Waals surface area contributed by atoms with E-state index in [1.54, 1.807) is 6.07 Å². The maximum absolute atomic E-state index is 13.7. The lowest BCUT2D eigenvalue weighted by Crippen LogP contribution is -2.31. The Kier molecular flexibility index (Phi) is 4.12. The number of hydrogen-bond donors (Lipinski definition) is 1. The third kappa shape index (κ3) is 2.94. The maximum atomic E-state index is 13.7. The van der Waals surface area contributed by atoms with Gasteiger partial charge in [-0.05, 0) is 41.9 Å². The van der Waals surface area contributed by atoms with E-state index in [9.17, 15) is 9.50 Å². The van der Waals surface area contributed by atoms with Gasteiger partial charge in [0.2, 0.25) is 0 Å². The minimum atomic E-state index is -0.446. The lowest BCUT2D eigenvalue weighted by Gasteiger charge is -2.31. The second-order valence-corrected chi connectivity index (χ2v) is 6.91. The molecule has 1 aromatic carbocycles. The molecule has 1 saturated carbocycles. The molecule has 2 unspecified atom stereocenters. The summed E-state index contributed by atoms with van der Waals surface area (Å²) in [7, 11) is 0. The van der Waals surface area contributed by atoms with Gasteiger partial charge in [-0.2, -0.15) is 0 Å². The van der Waals surface area contributed by atoms with Crippen molar-refractivity contribution in [3.05, 3.63) is 34.1 Å². The van der Waals surface area contributed by atoms with Gasteiger partial charge in [-0.25, -0.2) is 4.39 Å². The van der Waals surface area contributed by atoms with Gasteiger partial charge in [-0.3, -0.25) is 0 Å². The van der Waals surface area contributed by atoms with Gasteiger partial charge in [-0.1, -0.05) is 42.3 Å². The molecule has 2 rings (SSSR count). The van der Waals surface area contributed by atoms with Gasteiger partial charge < -0.3 is 5.11 Å². The average Bonchev–Trinajstić information content (AvgIpc) is 2.62. The van der Waals surface area contributed by atoms with Gasteiger partial charge in [0.15, 0.2) is 0 Å². The fraction of sp³-hybridized carbons (Fsp3) is 0.600. The smallest absolute Gasteiger partial charge is 0.127 e. The van der Waals surface area contributed by atoms with Gasteiger partial charge in [0.25, 0.3) is 0 Å². The summed E-state index contributed by atoms with van der Waals surface area (Å²) >= 11 is 3.24. The zero-order chi connectivity index (χ0) is 13.3. The lowest BCUT2D eigenvalue weighted by atomic mass is 9.77. The Labute approximate surface area is 117 Å². The molecule has 0 amide bonds. The first-order valence-electron chi connectivity index (χ1n) is 6.52. The minimum Gasteiger partial charge on any atom is -0.392 e. The molecule has 1 aliphatic rings. The first-order chi connectivity index (χ1) is 8.40. The van der Waals surface area contributed by atoms with Crippen LogP contribution in [-0.4, -0.2) is 11.2 Å². The summed E-state index contributed by atoms with van der Waals surface area (Å²) in [6, 6.07) is 5.04. The van der Waals surface area contributed by atoms with Crippen LogP contribution in [0.15, 0.2) is 22.7 Å². The number of halogens is 2. The van der Waals surface area contributed by atoms with Crippen LogP contribution >= 0.6 is 15.9 Å². The molecule has 0 radical (unpaired) electrons. The van der Waals surface area contributed by atoms with E-state index in [2.05, 4.69) is 29.8 Å². The molecule has 1 nitrogen and oxygen atoms in total. The van der Waals surface area contributed by atoms with E-state index in [1.165, 1.54) is 6.07 Å². The van der Waals surface area contributed by atoms with Crippen molar-refractivity contribution in [3.63, 3.8) is 0 Å². The fourth-order valence-electron chi connectivity index (χ4n) is 3.12. The topological polar surface area (TPSA) is 20.2 Å². The zero-order valence-electron chi connectivity index (χ0n) is 10.9. The van der Waals surface area contributed by atoms with E-state index in [0.717, 1.165) is 23.7 Å². The summed E-state index contributed by atoms with van der Waals surface area (Å²) in [5, 5.41) is 10.4. The van der Waals surface area contributed by atoms with Crippen molar-refractivity contribution in [2.24, 2.45) is 11.3 Å². The van der Waals surface area contributed by atoms with Crippen LogP contribution < -0.4 is 0 Å². The predicted molar refractivity (Wildman–Crippen MR) is 74.9 cm³/mol. The summed E-state index contributed by atoms with van der Waals surface area (Å²) in [6.45, 7) is 4.40. The Morgan fingerprint density at radius 1 is 1.50 bits per heavy atom. The van der Waals surface area contributed by atoms with E-state index in [0.29, 0.717) is 12.0 Å². The number of hydrogen-bond acceptors (Lipinski definition) is 1. The summed E-state index contributed by atoms with van der Waals surface area (Å²) < 4.78 is 14.5. The molecule has 0 saturated heterocycles. The Balaban J connectivity index is 2.09. The van der Waals surface area contributed by atoms with Crippen molar-refractivity contribution in [1.29, 1.82) is 0 Å². The van der Waals surface area contributed by atoms with Crippen LogP contribution in [0.1, 0.15) is 38.7 Å². The Morgan fingerprint density at radius 3 is 2.78 bits per heavy atom. The molecular formula is C15H20BrFO. The molecule has 1 N–H and O–H groups in total.